The molecule has 0 spiro atoms. The molecule has 1 rings (SSSR count). The first kappa shape index (κ1) is 11.2. The van der Waals surface area contributed by atoms with Crippen LogP contribution in [0.3, 0.4) is 0 Å². The van der Waals surface area contributed by atoms with Crippen molar-refractivity contribution in [2.24, 2.45) is 5.84 Å². The smallest absolute Gasteiger partial charge is 0.317 e. The summed E-state index contributed by atoms with van der Waals surface area (Å²) in [5, 5.41) is 2.47. The standard InChI is InChI=1S/C10H13N3O2/c1-6-3-4-7(2)8(5-6)12-9(14)10(15)13-11/h3-5H,11H2,1-2H3,(H,12,14)(H,13,15). The molecule has 1 aromatic rings. The minimum absolute atomic E-state index is 0.614. The van der Waals surface area contributed by atoms with Gasteiger partial charge in [-0.25, -0.2) is 5.84 Å². The highest BCUT2D eigenvalue weighted by Gasteiger charge is 2.12. The van der Waals surface area contributed by atoms with E-state index in [2.05, 4.69) is 5.32 Å². The fraction of sp³-hybridized carbons (Fsp3) is 0.200. The summed E-state index contributed by atoms with van der Waals surface area (Å²) in [7, 11) is 0. The van der Waals surface area contributed by atoms with Crippen LogP contribution in [0.4, 0.5) is 5.69 Å². The van der Waals surface area contributed by atoms with Crippen LogP contribution in [0.1, 0.15) is 11.1 Å². The largest absolute Gasteiger partial charge is 0.323 e. The minimum atomic E-state index is -0.865. The van der Waals surface area contributed by atoms with E-state index in [1.807, 2.05) is 26.0 Å². The van der Waals surface area contributed by atoms with Crippen LogP contribution >= 0.6 is 0 Å². The number of carbonyl (C=O) groups excluding carboxylic acids is 2. The lowest BCUT2D eigenvalue weighted by atomic mass is 10.1. The van der Waals surface area contributed by atoms with Crippen LogP contribution in [-0.2, 0) is 9.59 Å². The van der Waals surface area contributed by atoms with E-state index in [1.54, 1.807) is 11.5 Å². The predicted octanol–water partition coefficient (Wildman–Crippen LogP) is 0.232. The lowest BCUT2D eigenvalue weighted by Gasteiger charge is -2.08. The highest BCUT2D eigenvalue weighted by Crippen LogP contribution is 2.15. The quantitative estimate of drug-likeness (QED) is 0.267. The minimum Gasteiger partial charge on any atom is -0.317 e. The molecular weight excluding hydrogens is 194 g/mol. The van der Waals surface area contributed by atoms with Gasteiger partial charge < -0.3 is 5.32 Å². The number of amides is 2. The molecule has 0 radical (unpaired) electrons. The second-order valence-electron chi connectivity index (χ2n) is 3.25. The van der Waals surface area contributed by atoms with Crippen LogP contribution in [0.15, 0.2) is 18.2 Å². The van der Waals surface area contributed by atoms with Crippen molar-refractivity contribution < 1.29 is 9.59 Å². The van der Waals surface area contributed by atoms with Crippen molar-refractivity contribution in [1.82, 2.24) is 5.43 Å². The fourth-order valence-electron chi connectivity index (χ4n) is 1.12. The summed E-state index contributed by atoms with van der Waals surface area (Å²) in [5.74, 6) is 3.20. The first-order valence-electron chi connectivity index (χ1n) is 4.43. The summed E-state index contributed by atoms with van der Waals surface area (Å²) in [4.78, 5) is 22.1. The number of hydrogen-bond donors (Lipinski definition) is 3. The lowest BCUT2D eigenvalue weighted by Crippen LogP contribution is -2.39. The molecule has 15 heavy (non-hydrogen) atoms. The van der Waals surface area contributed by atoms with Gasteiger partial charge in [0.05, 0.1) is 0 Å². The summed E-state index contributed by atoms with van der Waals surface area (Å²) < 4.78 is 0. The number of aryl methyl sites for hydroxylation is 2. The fourth-order valence-corrected chi connectivity index (χ4v) is 1.12. The van der Waals surface area contributed by atoms with Gasteiger partial charge in [-0.15, -0.1) is 0 Å². The molecule has 2 amide bonds. The van der Waals surface area contributed by atoms with Crippen LogP contribution in [-0.4, -0.2) is 11.8 Å². The number of anilines is 1. The Morgan fingerprint density at radius 2 is 1.87 bits per heavy atom. The summed E-state index contributed by atoms with van der Waals surface area (Å²) >= 11 is 0. The highest BCUT2D eigenvalue weighted by molar-refractivity contribution is 6.39. The number of nitrogens with two attached hydrogens (primary N) is 1. The summed E-state index contributed by atoms with van der Waals surface area (Å²) in [6, 6.07) is 5.58. The van der Waals surface area contributed by atoms with Gasteiger partial charge in [0.15, 0.2) is 0 Å². The first-order chi connectivity index (χ1) is 7.04. The summed E-state index contributed by atoms with van der Waals surface area (Å²) in [6.45, 7) is 3.74. The van der Waals surface area contributed by atoms with Gasteiger partial charge in [-0.3, -0.25) is 15.0 Å². The van der Waals surface area contributed by atoms with Crippen LogP contribution < -0.4 is 16.6 Å². The number of nitrogens with one attached hydrogen (secondary N) is 2. The molecule has 0 aliphatic carbocycles. The number of benzene rings is 1. The Morgan fingerprint density at radius 3 is 2.47 bits per heavy atom. The van der Waals surface area contributed by atoms with Crippen LogP contribution in [0.5, 0.6) is 0 Å². The van der Waals surface area contributed by atoms with Crippen molar-refractivity contribution >= 4 is 17.5 Å². The zero-order chi connectivity index (χ0) is 11.4. The van der Waals surface area contributed by atoms with E-state index in [4.69, 9.17) is 5.84 Å². The molecule has 0 aliphatic rings. The maximum absolute atomic E-state index is 11.2. The van der Waals surface area contributed by atoms with Gasteiger partial charge in [-0.05, 0) is 31.0 Å². The molecule has 0 heterocycles. The van der Waals surface area contributed by atoms with Gasteiger partial charge in [-0.1, -0.05) is 12.1 Å². The van der Waals surface area contributed by atoms with Gasteiger partial charge in [-0.2, -0.15) is 0 Å². The summed E-state index contributed by atoms with van der Waals surface area (Å²) in [6.07, 6.45) is 0. The third kappa shape index (κ3) is 2.78. The Morgan fingerprint density at radius 1 is 1.20 bits per heavy atom. The number of hydrazine groups is 1. The van der Waals surface area contributed by atoms with E-state index in [0.29, 0.717) is 5.69 Å². The average molecular weight is 207 g/mol. The second-order valence-corrected chi connectivity index (χ2v) is 3.25. The molecule has 0 unspecified atom stereocenters. The second kappa shape index (κ2) is 4.56. The molecule has 0 aliphatic heterocycles. The Balaban J connectivity index is 2.85. The van der Waals surface area contributed by atoms with Crippen LogP contribution in [0.25, 0.3) is 0 Å². The van der Waals surface area contributed by atoms with Crippen molar-refractivity contribution in [1.29, 1.82) is 0 Å². The topological polar surface area (TPSA) is 84.2 Å². The van der Waals surface area contributed by atoms with Crippen molar-refractivity contribution in [3.63, 3.8) is 0 Å². The maximum atomic E-state index is 11.2. The highest BCUT2D eigenvalue weighted by atomic mass is 16.2. The van der Waals surface area contributed by atoms with Crippen LogP contribution in [0.2, 0.25) is 0 Å². The Kier molecular flexibility index (Phi) is 3.41. The third-order valence-electron chi connectivity index (χ3n) is 1.98. The summed E-state index contributed by atoms with van der Waals surface area (Å²) in [5.41, 5.74) is 4.27. The van der Waals surface area contributed by atoms with E-state index in [-0.39, 0.29) is 0 Å². The predicted molar refractivity (Wildman–Crippen MR) is 56.9 cm³/mol. The molecule has 4 N–H and O–H groups in total. The first-order valence-corrected chi connectivity index (χ1v) is 4.43. The third-order valence-corrected chi connectivity index (χ3v) is 1.98. The van der Waals surface area contributed by atoms with E-state index in [0.717, 1.165) is 11.1 Å². The van der Waals surface area contributed by atoms with E-state index >= 15 is 0 Å². The van der Waals surface area contributed by atoms with Gasteiger partial charge in [0.2, 0.25) is 0 Å². The van der Waals surface area contributed by atoms with Gasteiger partial charge in [0.25, 0.3) is 0 Å². The van der Waals surface area contributed by atoms with Crippen molar-refractivity contribution in [3.05, 3.63) is 29.3 Å². The van der Waals surface area contributed by atoms with Crippen molar-refractivity contribution in [3.8, 4) is 0 Å². The molecule has 1 aromatic carbocycles. The molecule has 0 fully saturated rings. The van der Waals surface area contributed by atoms with E-state index in [1.165, 1.54) is 0 Å². The Bertz CT molecular complexity index is 402. The molecule has 0 saturated carbocycles. The molecule has 0 saturated heterocycles. The monoisotopic (exact) mass is 207 g/mol. The Hall–Kier alpha value is -1.88. The average Bonchev–Trinajstić information content (AvgIpc) is 2.22. The lowest BCUT2D eigenvalue weighted by molar-refractivity contribution is -0.136. The Labute approximate surface area is 87.6 Å². The molecule has 5 heteroatoms. The number of carbonyl (C=O) groups is 2. The van der Waals surface area contributed by atoms with E-state index < -0.39 is 11.8 Å². The zero-order valence-electron chi connectivity index (χ0n) is 8.63. The SMILES string of the molecule is Cc1ccc(C)c(NC(=O)C(=O)NN)c1. The van der Waals surface area contributed by atoms with Gasteiger partial charge in [0.1, 0.15) is 0 Å². The molecule has 0 aromatic heterocycles. The maximum Gasteiger partial charge on any atom is 0.323 e. The van der Waals surface area contributed by atoms with Crippen molar-refractivity contribution in [2.75, 3.05) is 5.32 Å². The number of hydrogen-bond acceptors (Lipinski definition) is 3. The molecular formula is C10H13N3O2. The van der Waals surface area contributed by atoms with Gasteiger partial charge in [0, 0.05) is 5.69 Å². The zero-order valence-corrected chi connectivity index (χ0v) is 8.63. The van der Waals surface area contributed by atoms with Crippen LogP contribution in [0, 0.1) is 13.8 Å². The molecule has 80 valence electrons. The van der Waals surface area contributed by atoms with E-state index in [9.17, 15) is 9.59 Å². The molecule has 5 nitrogen and oxygen atoms in total. The van der Waals surface area contributed by atoms with Gasteiger partial charge >= 0.3 is 11.8 Å². The molecule has 0 bridgehead atoms. The normalized spacial score (nSPS) is 9.53. The number of rotatable bonds is 1. The molecule has 0 atom stereocenters. The van der Waals surface area contributed by atoms with Crippen molar-refractivity contribution in [2.45, 2.75) is 13.8 Å².